The average Bonchev–Trinajstić information content (AvgIpc) is 1.64. The predicted octanol–water partition coefficient (Wildman–Crippen LogP) is 0.0326. The van der Waals surface area contributed by atoms with Crippen LogP contribution in [0.1, 0.15) is 6.92 Å². The fourth-order valence-electron chi connectivity index (χ4n) is 0. The van der Waals surface area contributed by atoms with E-state index in [2.05, 4.69) is 5.73 Å². The lowest BCUT2D eigenvalue weighted by Crippen LogP contribution is -2.30. The largest absolute Gasteiger partial charge is 0.470 e. The molecular formula is C4H8F3NO2. The quantitative estimate of drug-likeness (QED) is 0.523. The van der Waals surface area contributed by atoms with Crippen molar-refractivity contribution < 1.29 is 23.1 Å². The molecule has 0 radical (unpaired) electrons. The van der Waals surface area contributed by atoms with Crippen molar-refractivity contribution in [3.63, 3.8) is 0 Å². The molecule has 0 aromatic carbocycles. The van der Waals surface area contributed by atoms with Gasteiger partial charge in [-0.1, -0.05) is 0 Å². The Balaban J connectivity index is 0. The number of carbonyl (C=O) groups excluding carboxylic acids is 1. The van der Waals surface area contributed by atoms with Crippen molar-refractivity contribution in [1.82, 2.24) is 0 Å². The molecule has 0 aliphatic rings. The van der Waals surface area contributed by atoms with Crippen LogP contribution in [0.5, 0.6) is 0 Å². The molecule has 0 bridgehead atoms. The Morgan fingerprint density at radius 1 is 1.60 bits per heavy atom. The smallest absolute Gasteiger partial charge is 0.397 e. The Morgan fingerprint density at radius 2 is 1.70 bits per heavy atom. The normalized spacial score (nSPS) is 9.70. The number of halogens is 3. The Morgan fingerprint density at radius 3 is 1.70 bits per heavy atom. The van der Waals surface area contributed by atoms with Crippen LogP contribution in [0.2, 0.25) is 0 Å². The molecule has 1 amide bonds. The molecule has 0 saturated heterocycles. The second kappa shape index (κ2) is 5.04. The second-order valence-corrected chi connectivity index (χ2v) is 1.18. The molecule has 0 aromatic rings. The van der Waals surface area contributed by atoms with E-state index in [1.54, 1.807) is 6.92 Å². The number of aliphatic hydroxyl groups excluding tert-OH is 1. The van der Waals surface area contributed by atoms with E-state index in [1.165, 1.54) is 0 Å². The fraction of sp³-hybridized carbons (Fsp3) is 0.750. The van der Waals surface area contributed by atoms with Crippen molar-refractivity contribution in [3.05, 3.63) is 0 Å². The minimum atomic E-state index is -4.86. The highest BCUT2D eigenvalue weighted by Crippen LogP contribution is 2.11. The summed E-state index contributed by atoms with van der Waals surface area (Å²) in [6.07, 6.45) is -4.86. The molecule has 0 atom stereocenters. The van der Waals surface area contributed by atoms with Crippen LogP contribution < -0.4 is 5.73 Å². The highest BCUT2D eigenvalue weighted by atomic mass is 19.4. The van der Waals surface area contributed by atoms with Gasteiger partial charge in [-0.2, -0.15) is 13.2 Å². The highest BCUT2D eigenvalue weighted by molar-refractivity contribution is 5.79. The number of hydrogen-bond acceptors (Lipinski definition) is 2. The van der Waals surface area contributed by atoms with Crippen molar-refractivity contribution in [1.29, 1.82) is 0 Å². The van der Waals surface area contributed by atoms with Gasteiger partial charge >= 0.3 is 12.1 Å². The molecule has 6 heteroatoms. The number of hydrogen-bond donors (Lipinski definition) is 2. The molecule has 0 aliphatic heterocycles. The zero-order chi connectivity index (χ0) is 8.78. The predicted molar refractivity (Wildman–Crippen MR) is 28.0 cm³/mol. The van der Waals surface area contributed by atoms with Crippen LogP contribution in [0.15, 0.2) is 0 Å². The van der Waals surface area contributed by atoms with Crippen molar-refractivity contribution in [2.45, 2.75) is 13.1 Å². The second-order valence-electron chi connectivity index (χ2n) is 1.18. The third-order valence-corrected chi connectivity index (χ3v) is 0.279. The third-order valence-electron chi connectivity index (χ3n) is 0.279. The van der Waals surface area contributed by atoms with Crippen LogP contribution >= 0.6 is 0 Å². The van der Waals surface area contributed by atoms with E-state index in [0.717, 1.165) is 0 Å². The first-order valence-corrected chi connectivity index (χ1v) is 2.33. The van der Waals surface area contributed by atoms with E-state index in [-0.39, 0.29) is 6.61 Å². The summed E-state index contributed by atoms with van der Waals surface area (Å²) in [7, 11) is 0. The fourth-order valence-corrected chi connectivity index (χ4v) is 0. The van der Waals surface area contributed by atoms with Gasteiger partial charge in [0.05, 0.1) is 0 Å². The average molecular weight is 159 g/mol. The Labute approximate surface area is 55.6 Å². The van der Waals surface area contributed by atoms with E-state index in [4.69, 9.17) is 9.90 Å². The molecule has 0 saturated carbocycles. The van der Waals surface area contributed by atoms with Crippen molar-refractivity contribution >= 4 is 5.91 Å². The number of rotatable bonds is 0. The number of nitrogens with two attached hydrogens (primary N) is 1. The minimum absolute atomic E-state index is 0.250. The number of carbonyl (C=O) groups is 1. The Kier molecular flexibility index (Phi) is 6.02. The lowest BCUT2D eigenvalue weighted by molar-refractivity contribution is -0.169. The summed E-state index contributed by atoms with van der Waals surface area (Å²) in [4.78, 5) is 9.12. The van der Waals surface area contributed by atoms with E-state index < -0.39 is 12.1 Å². The number of alkyl halides is 3. The van der Waals surface area contributed by atoms with Gasteiger partial charge in [0.1, 0.15) is 0 Å². The third kappa shape index (κ3) is 10.3. The molecule has 0 heterocycles. The number of amides is 1. The van der Waals surface area contributed by atoms with Crippen LogP contribution in [0.4, 0.5) is 13.2 Å². The molecule has 0 fully saturated rings. The van der Waals surface area contributed by atoms with E-state index in [9.17, 15) is 13.2 Å². The van der Waals surface area contributed by atoms with Crippen molar-refractivity contribution in [2.75, 3.05) is 6.61 Å². The van der Waals surface area contributed by atoms with E-state index in [0.29, 0.717) is 0 Å². The van der Waals surface area contributed by atoms with Crippen LogP contribution in [-0.2, 0) is 4.79 Å². The lowest BCUT2D eigenvalue weighted by atomic mass is 10.6. The molecule has 3 N–H and O–H groups in total. The summed E-state index contributed by atoms with van der Waals surface area (Å²) in [5, 5.41) is 7.57. The van der Waals surface area contributed by atoms with Gasteiger partial charge in [0.15, 0.2) is 0 Å². The van der Waals surface area contributed by atoms with Crippen molar-refractivity contribution in [3.8, 4) is 0 Å². The lowest BCUT2D eigenvalue weighted by Gasteiger charge is -1.95. The Bertz CT molecular complexity index is 101. The van der Waals surface area contributed by atoms with Crippen LogP contribution in [0, 0.1) is 0 Å². The summed E-state index contributed by atoms with van der Waals surface area (Å²) in [6, 6.07) is 0. The van der Waals surface area contributed by atoms with Crippen LogP contribution in [-0.4, -0.2) is 23.8 Å². The minimum Gasteiger partial charge on any atom is -0.397 e. The first-order chi connectivity index (χ1) is 4.36. The number of aliphatic hydroxyl groups is 1. The zero-order valence-corrected chi connectivity index (χ0v) is 5.27. The van der Waals surface area contributed by atoms with E-state index in [1.807, 2.05) is 0 Å². The van der Waals surface area contributed by atoms with Gasteiger partial charge in [-0.05, 0) is 6.92 Å². The van der Waals surface area contributed by atoms with Gasteiger partial charge in [0.25, 0.3) is 0 Å². The molecule has 62 valence electrons. The van der Waals surface area contributed by atoms with Gasteiger partial charge in [0.2, 0.25) is 0 Å². The summed E-state index contributed by atoms with van der Waals surface area (Å²) >= 11 is 0. The molecule has 0 unspecified atom stereocenters. The van der Waals surface area contributed by atoms with Crippen LogP contribution in [0.3, 0.4) is 0 Å². The van der Waals surface area contributed by atoms with Crippen molar-refractivity contribution in [2.24, 2.45) is 5.73 Å². The summed E-state index contributed by atoms with van der Waals surface area (Å²) in [5.41, 5.74) is 3.81. The summed E-state index contributed by atoms with van der Waals surface area (Å²) < 4.78 is 32.1. The van der Waals surface area contributed by atoms with Gasteiger partial charge < -0.3 is 10.8 Å². The maximum atomic E-state index is 10.7. The topological polar surface area (TPSA) is 63.3 Å². The molecule has 3 nitrogen and oxygen atoms in total. The van der Waals surface area contributed by atoms with Gasteiger partial charge in [-0.3, -0.25) is 4.79 Å². The molecule has 0 spiro atoms. The summed E-state index contributed by atoms with van der Waals surface area (Å²) in [6.45, 7) is 1.93. The number of primary amides is 1. The zero-order valence-electron chi connectivity index (χ0n) is 5.27. The standard InChI is InChI=1S/C2H2F3NO.C2H6O/c3-2(4,5)1(6)7;1-2-3/h(H2,6,7);3H,2H2,1H3. The summed E-state index contributed by atoms with van der Waals surface area (Å²) in [5.74, 6) is -2.26. The molecule has 0 aromatic heterocycles. The monoisotopic (exact) mass is 159 g/mol. The van der Waals surface area contributed by atoms with Gasteiger partial charge in [-0.15, -0.1) is 0 Å². The van der Waals surface area contributed by atoms with Gasteiger partial charge in [-0.25, -0.2) is 0 Å². The maximum absolute atomic E-state index is 10.7. The Hall–Kier alpha value is -0.780. The first-order valence-electron chi connectivity index (χ1n) is 2.33. The first kappa shape index (κ1) is 12.0. The molecule has 10 heavy (non-hydrogen) atoms. The molecule has 0 aliphatic carbocycles. The SMILES string of the molecule is CCO.NC(=O)C(F)(F)F. The highest BCUT2D eigenvalue weighted by Gasteiger charge is 2.35. The molecular weight excluding hydrogens is 151 g/mol. The van der Waals surface area contributed by atoms with E-state index >= 15 is 0 Å². The maximum Gasteiger partial charge on any atom is 0.470 e. The molecule has 0 rings (SSSR count). The van der Waals surface area contributed by atoms with Gasteiger partial charge in [0, 0.05) is 6.61 Å². The van der Waals surface area contributed by atoms with Crippen LogP contribution in [0.25, 0.3) is 0 Å².